The number of hydrogen-bond donors (Lipinski definition) is 1. The summed E-state index contributed by atoms with van der Waals surface area (Å²) in [5.74, 6) is 2.22. The zero-order valence-electron chi connectivity index (χ0n) is 16.4. The van der Waals surface area contributed by atoms with E-state index >= 15 is 0 Å². The molecule has 8 nitrogen and oxygen atoms in total. The SMILES string of the molecule is CCOc1ccc(/C=C/C(=O)NCc2nnc3nc(C)cc(C)n23)cc1OC. The molecule has 146 valence electrons. The second-order valence-corrected chi connectivity index (χ2v) is 6.18. The molecule has 1 amide bonds. The van der Waals surface area contributed by atoms with Gasteiger partial charge in [0.2, 0.25) is 5.91 Å². The Labute approximate surface area is 163 Å². The molecule has 0 fully saturated rings. The van der Waals surface area contributed by atoms with Crippen LogP contribution in [0, 0.1) is 13.8 Å². The first-order valence-corrected chi connectivity index (χ1v) is 8.96. The average molecular weight is 381 g/mol. The number of ether oxygens (including phenoxy) is 2. The average Bonchev–Trinajstić information content (AvgIpc) is 3.08. The molecule has 0 saturated carbocycles. The van der Waals surface area contributed by atoms with E-state index in [1.54, 1.807) is 13.2 Å². The maximum absolute atomic E-state index is 12.2. The van der Waals surface area contributed by atoms with Crippen molar-refractivity contribution >= 4 is 17.8 Å². The van der Waals surface area contributed by atoms with E-state index in [2.05, 4.69) is 20.5 Å². The molecule has 0 atom stereocenters. The van der Waals surface area contributed by atoms with E-state index in [0.29, 0.717) is 29.7 Å². The number of carbonyl (C=O) groups is 1. The number of aromatic nitrogens is 4. The van der Waals surface area contributed by atoms with Crippen LogP contribution in [-0.2, 0) is 11.3 Å². The number of fused-ring (bicyclic) bond motifs is 1. The Morgan fingerprint density at radius 3 is 2.79 bits per heavy atom. The highest BCUT2D eigenvalue weighted by Gasteiger charge is 2.10. The summed E-state index contributed by atoms with van der Waals surface area (Å²) in [6.45, 7) is 6.58. The Morgan fingerprint density at radius 1 is 1.21 bits per heavy atom. The Bertz CT molecular complexity index is 1030. The van der Waals surface area contributed by atoms with E-state index in [1.165, 1.54) is 6.08 Å². The molecule has 3 rings (SSSR count). The number of aryl methyl sites for hydroxylation is 2. The van der Waals surface area contributed by atoms with Gasteiger partial charge < -0.3 is 14.8 Å². The predicted octanol–water partition coefficient (Wildman–Crippen LogP) is 2.48. The van der Waals surface area contributed by atoms with Crippen LogP contribution >= 0.6 is 0 Å². The maximum Gasteiger partial charge on any atom is 0.255 e. The number of amides is 1. The fraction of sp³-hybridized carbons (Fsp3) is 0.300. The van der Waals surface area contributed by atoms with Crippen LogP contribution in [-0.4, -0.2) is 39.2 Å². The third-order valence-corrected chi connectivity index (χ3v) is 4.10. The van der Waals surface area contributed by atoms with Gasteiger partial charge >= 0.3 is 0 Å². The van der Waals surface area contributed by atoms with Crippen molar-refractivity contribution in [2.24, 2.45) is 0 Å². The minimum atomic E-state index is -0.234. The van der Waals surface area contributed by atoms with Gasteiger partial charge in [0, 0.05) is 17.5 Å². The number of nitrogens with one attached hydrogen (secondary N) is 1. The Hall–Kier alpha value is -3.42. The number of methoxy groups -OCH3 is 1. The van der Waals surface area contributed by atoms with Crippen molar-refractivity contribution in [1.82, 2.24) is 24.9 Å². The van der Waals surface area contributed by atoms with Crippen molar-refractivity contribution < 1.29 is 14.3 Å². The second kappa shape index (κ2) is 8.51. The monoisotopic (exact) mass is 381 g/mol. The quantitative estimate of drug-likeness (QED) is 0.632. The van der Waals surface area contributed by atoms with Gasteiger partial charge in [0.15, 0.2) is 17.3 Å². The summed E-state index contributed by atoms with van der Waals surface area (Å²) in [5, 5.41) is 11.0. The van der Waals surface area contributed by atoms with Crippen molar-refractivity contribution in [2.75, 3.05) is 13.7 Å². The lowest BCUT2D eigenvalue weighted by atomic mass is 10.2. The minimum Gasteiger partial charge on any atom is -0.493 e. The van der Waals surface area contributed by atoms with Gasteiger partial charge in [0.25, 0.3) is 5.78 Å². The molecule has 1 aromatic carbocycles. The molecule has 3 aromatic rings. The first kappa shape index (κ1) is 19.3. The highest BCUT2D eigenvalue weighted by molar-refractivity contribution is 5.91. The molecule has 0 unspecified atom stereocenters. The summed E-state index contributed by atoms with van der Waals surface area (Å²) in [4.78, 5) is 16.5. The van der Waals surface area contributed by atoms with Gasteiger partial charge in [-0.25, -0.2) is 4.98 Å². The van der Waals surface area contributed by atoms with Crippen molar-refractivity contribution in [3.8, 4) is 11.5 Å². The Balaban J connectivity index is 1.66. The second-order valence-electron chi connectivity index (χ2n) is 6.18. The van der Waals surface area contributed by atoms with Crippen molar-refractivity contribution in [1.29, 1.82) is 0 Å². The minimum absolute atomic E-state index is 0.234. The maximum atomic E-state index is 12.2. The van der Waals surface area contributed by atoms with Crippen molar-refractivity contribution in [3.63, 3.8) is 0 Å². The summed E-state index contributed by atoms with van der Waals surface area (Å²) in [6.07, 6.45) is 3.18. The van der Waals surface area contributed by atoms with Crippen LogP contribution in [0.15, 0.2) is 30.3 Å². The van der Waals surface area contributed by atoms with Crippen molar-refractivity contribution in [2.45, 2.75) is 27.3 Å². The molecule has 28 heavy (non-hydrogen) atoms. The van der Waals surface area contributed by atoms with Crippen LogP contribution in [0.25, 0.3) is 11.9 Å². The normalized spacial score (nSPS) is 11.1. The molecule has 0 aliphatic carbocycles. The van der Waals surface area contributed by atoms with E-state index in [4.69, 9.17) is 9.47 Å². The summed E-state index contributed by atoms with van der Waals surface area (Å²) in [5.41, 5.74) is 2.68. The first-order chi connectivity index (χ1) is 13.5. The Morgan fingerprint density at radius 2 is 2.04 bits per heavy atom. The third kappa shape index (κ3) is 4.28. The van der Waals surface area contributed by atoms with E-state index in [0.717, 1.165) is 17.0 Å². The van der Waals surface area contributed by atoms with Gasteiger partial charge in [-0.1, -0.05) is 6.07 Å². The predicted molar refractivity (Wildman–Crippen MR) is 105 cm³/mol. The summed E-state index contributed by atoms with van der Waals surface area (Å²) < 4.78 is 12.6. The standard InChI is InChI=1S/C20H23N5O3/c1-5-28-16-8-6-15(11-17(16)27-4)7-9-19(26)21-12-18-23-24-20-22-13(2)10-14(3)25(18)20/h6-11H,5,12H2,1-4H3,(H,21,26)/b9-7+. The number of hydrogen-bond acceptors (Lipinski definition) is 6. The van der Waals surface area contributed by atoms with Crippen LogP contribution in [0.1, 0.15) is 29.7 Å². The smallest absolute Gasteiger partial charge is 0.255 e. The highest BCUT2D eigenvalue weighted by Crippen LogP contribution is 2.28. The van der Waals surface area contributed by atoms with Gasteiger partial charge in [-0.05, 0) is 50.6 Å². The summed E-state index contributed by atoms with van der Waals surface area (Å²) in [6, 6.07) is 7.44. The fourth-order valence-corrected chi connectivity index (χ4v) is 2.87. The number of nitrogens with zero attached hydrogens (tertiary/aromatic N) is 4. The zero-order valence-corrected chi connectivity index (χ0v) is 16.4. The van der Waals surface area contributed by atoms with Gasteiger partial charge in [-0.2, -0.15) is 0 Å². The molecule has 0 spiro atoms. The van der Waals surface area contributed by atoms with Gasteiger partial charge in [-0.15, -0.1) is 10.2 Å². The van der Waals surface area contributed by atoms with Crippen LogP contribution in [0.3, 0.4) is 0 Å². The van der Waals surface area contributed by atoms with Gasteiger partial charge in [-0.3, -0.25) is 9.20 Å². The van der Waals surface area contributed by atoms with E-state index in [1.807, 2.05) is 49.4 Å². The number of rotatable bonds is 7. The lowest BCUT2D eigenvalue weighted by Gasteiger charge is -2.09. The van der Waals surface area contributed by atoms with Crippen molar-refractivity contribution in [3.05, 3.63) is 53.1 Å². The van der Waals surface area contributed by atoms with Crippen LogP contribution in [0.5, 0.6) is 11.5 Å². The van der Waals surface area contributed by atoms with E-state index < -0.39 is 0 Å². The molecule has 0 aliphatic rings. The lowest BCUT2D eigenvalue weighted by molar-refractivity contribution is -0.116. The Kier molecular flexibility index (Phi) is 5.88. The molecule has 2 aromatic heterocycles. The van der Waals surface area contributed by atoms with E-state index in [9.17, 15) is 4.79 Å². The van der Waals surface area contributed by atoms with Gasteiger partial charge in [0.1, 0.15) is 0 Å². The molecular weight excluding hydrogens is 358 g/mol. The molecule has 0 bridgehead atoms. The number of benzene rings is 1. The largest absolute Gasteiger partial charge is 0.493 e. The zero-order chi connectivity index (χ0) is 20.1. The molecule has 0 aliphatic heterocycles. The van der Waals surface area contributed by atoms with Crippen LogP contribution in [0.2, 0.25) is 0 Å². The summed E-state index contributed by atoms with van der Waals surface area (Å²) >= 11 is 0. The lowest BCUT2D eigenvalue weighted by Crippen LogP contribution is -2.22. The molecule has 1 N–H and O–H groups in total. The van der Waals surface area contributed by atoms with Crippen LogP contribution < -0.4 is 14.8 Å². The highest BCUT2D eigenvalue weighted by atomic mass is 16.5. The van der Waals surface area contributed by atoms with E-state index in [-0.39, 0.29) is 12.5 Å². The molecule has 0 radical (unpaired) electrons. The van der Waals surface area contributed by atoms with Crippen LogP contribution in [0.4, 0.5) is 0 Å². The molecule has 8 heteroatoms. The first-order valence-electron chi connectivity index (χ1n) is 8.96. The van der Waals surface area contributed by atoms with Gasteiger partial charge in [0.05, 0.1) is 20.3 Å². The number of carbonyl (C=O) groups excluding carboxylic acids is 1. The molecular formula is C20H23N5O3. The fourth-order valence-electron chi connectivity index (χ4n) is 2.87. The third-order valence-electron chi connectivity index (χ3n) is 4.10. The summed E-state index contributed by atoms with van der Waals surface area (Å²) in [7, 11) is 1.58. The topological polar surface area (TPSA) is 90.6 Å². The molecule has 2 heterocycles. The molecule has 0 saturated heterocycles.